The molecule has 0 saturated heterocycles. The molecule has 132 valence electrons. The third-order valence-corrected chi connectivity index (χ3v) is 5.64. The maximum atomic E-state index is 12.9. The molecule has 1 aliphatic carbocycles. The van der Waals surface area contributed by atoms with Gasteiger partial charge < -0.3 is 10.1 Å². The lowest BCUT2D eigenvalue weighted by Gasteiger charge is -2.29. The van der Waals surface area contributed by atoms with E-state index in [1.807, 2.05) is 12.1 Å². The first-order valence-corrected chi connectivity index (χ1v) is 9.35. The zero-order valence-corrected chi connectivity index (χ0v) is 15.8. The second-order valence-electron chi connectivity index (χ2n) is 6.40. The first kappa shape index (κ1) is 16.9. The van der Waals surface area contributed by atoms with E-state index < -0.39 is 0 Å². The van der Waals surface area contributed by atoms with Gasteiger partial charge in [-0.2, -0.15) is 10.4 Å². The number of rotatable bonds is 4. The molecule has 1 aliphatic heterocycles. The first-order valence-electron chi connectivity index (χ1n) is 8.55. The molecule has 0 spiro atoms. The summed E-state index contributed by atoms with van der Waals surface area (Å²) in [7, 11) is 0. The van der Waals surface area contributed by atoms with Crippen LogP contribution in [0.25, 0.3) is 0 Å². The summed E-state index contributed by atoms with van der Waals surface area (Å²) < 4.78 is 6.07. The monoisotopic (exact) mass is 412 g/mol. The van der Waals surface area contributed by atoms with Gasteiger partial charge in [-0.3, -0.25) is 5.10 Å². The van der Waals surface area contributed by atoms with E-state index in [1.165, 1.54) is 0 Å². The Morgan fingerprint density at radius 2 is 2.23 bits per heavy atom. The van der Waals surface area contributed by atoms with Gasteiger partial charge in [0.05, 0.1) is 23.9 Å². The summed E-state index contributed by atoms with van der Waals surface area (Å²) in [5.41, 5.74) is 3.77. The van der Waals surface area contributed by atoms with Gasteiger partial charge in [-0.1, -0.05) is 12.1 Å². The summed E-state index contributed by atoms with van der Waals surface area (Å²) in [6, 6.07) is 7.71. The van der Waals surface area contributed by atoms with Gasteiger partial charge >= 0.3 is 5.97 Å². The van der Waals surface area contributed by atoms with Crippen LogP contribution in [0.1, 0.15) is 42.4 Å². The summed E-state index contributed by atoms with van der Waals surface area (Å²) in [5, 5.41) is 19.9. The van der Waals surface area contributed by atoms with E-state index in [1.54, 1.807) is 19.2 Å². The minimum absolute atomic E-state index is 0.310. The minimum atomic E-state index is -0.345. The normalized spacial score (nSPS) is 18.7. The molecular weight excluding hydrogens is 396 g/mol. The van der Waals surface area contributed by atoms with Crippen LogP contribution in [0.3, 0.4) is 0 Å². The van der Waals surface area contributed by atoms with Crippen LogP contribution in [-0.4, -0.2) is 22.8 Å². The standard InChI is InChI=1S/C19H17BrN4O2/c1-2-26-19(25)15-14(12-5-3-4-11(8-21)16(12)20)13-9-22-24-18(13)23-17(15)10-6-7-10/h3-5,9-10,14H,2,6-7H2,1H3,(H2,22,23,24). The van der Waals surface area contributed by atoms with Crippen molar-refractivity contribution in [2.24, 2.45) is 5.92 Å². The van der Waals surface area contributed by atoms with Crippen LogP contribution in [0.15, 0.2) is 40.1 Å². The van der Waals surface area contributed by atoms with E-state index in [9.17, 15) is 10.1 Å². The summed E-state index contributed by atoms with van der Waals surface area (Å²) in [5.74, 6) is 0.445. The molecule has 26 heavy (non-hydrogen) atoms. The van der Waals surface area contributed by atoms with Crippen LogP contribution in [-0.2, 0) is 9.53 Å². The number of hydrogen-bond donors (Lipinski definition) is 2. The number of anilines is 1. The van der Waals surface area contributed by atoms with Gasteiger partial charge in [0.25, 0.3) is 0 Å². The van der Waals surface area contributed by atoms with Crippen molar-refractivity contribution in [3.8, 4) is 6.07 Å². The number of fused-ring (bicyclic) bond motifs is 1. The number of ether oxygens (including phenoxy) is 1. The minimum Gasteiger partial charge on any atom is -0.463 e. The molecule has 4 rings (SSSR count). The largest absolute Gasteiger partial charge is 0.463 e. The fraction of sp³-hybridized carbons (Fsp3) is 0.316. The maximum Gasteiger partial charge on any atom is 0.336 e. The fourth-order valence-corrected chi connectivity index (χ4v) is 4.02. The van der Waals surface area contributed by atoms with Crippen LogP contribution in [0.2, 0.25) is 0 Å². The Hall–Kier alpha value is -2.59. The quantitative estimate of drug-likeness (QED) is 0.744. The lowest BCUT2D eigenvalue weighted by atomic mass is 9.81. The molecule has 0 amide bonds. The molecule has 2 heterocycles. The number of hydrogen-bond acceptors (Lipinski definition) is 5. The number of halogens is 1. The highest BCUT2D eigenvalue weighted by Gasteiger charge is 2.41. The van der Waals surface area contributed by atoms with E-state index in [0.29, 0.717) is 28.1 Å². The summed E-state index contributed by atoms with van der Waals surface area (Å²) in [6.07, 6.45) is 3.81. The molecule has 1 aromatic carbocycles. The van der Waals surface area contributed by atoms with E-state index in [2.05, 4.69) is 37.5 Å². The molecule has 2 aromatic rings. The Kier molecular flexibility index (Phi) is 4.29. The van der Waals surface area contributed by atoms with Crippen molar-refractivity contribution in [3.63, 3.8) is 0 Å². The second kappa shape index (κ2) is 6.61. The lowest BCUT2D eigenvalue weighted by Crippen LogP contribution is -2.26. The Balaban J connectivity index is 1.94. The highest BCUT2D eigenvalue weighted by atomic mass is 79.9. The highest BCUT2D eigenvalue weighted by molar-refractivity contribution is 9.10. The van der Waals surface area contributed by atoms with Gasteiger partial charge in [0, 0.05) is 21.7 Å². The van der Waals surface area contributed by atoms with Crippen molar-refractivity contribution in [3.05, 3.63) is 56.8 Å². The molecular formula is C19H17BrN4O2. The van der Waals surface area contributed by atoms with Crippen LogP contribution in [0.4, 0.5) is 5.82 Å². The number of aromatic nitrogens is 2. The number of aromatic amines is 1. The van der Waals surface area contributed by atoms with Gasteiger partial charge in [-0.15, -0.1) is 0 Å². The van der Waals surface area contributed by atoms with Crippen molar-refractivity contribution < 1.29 is 9.53 Å². The van der Waals surface area contributed by atoms with E-state index in [0.717, 1.165) is 35.5 Å². The average Bonchev–Trinajstić information content (AvgIpc) is 3.38. The maximum absolute atomic E-state index is 12.9. The van der Waals surface area contributed by atoms with Gasteiger partial charge in [-0.25, -0.2) is 4.79 Å². The topological polar surface area (TPSA) is 90.8 Å². The van der Waals surface area contributed by atoms with Gasteiger partial charge in [0.1, 0.15) is 11.9 Å². The van der Waals surface area contributed by atoms with Crippen molar-refractivity contribution in [1.29, 1.82) is 5.26 Å². The number of nitrogens with zero attached hydrogens (tertiary/aromatic N) is 2. The van der Waals surface area contributed by atoms with Crippen LogP contribution < -0.4 is 5.32 Å². The Labute approximate surface area is 159 Å². The molecule has 0 radical (unpaired) electrons. The van der Waals surface area contributed by atoms with Gasteiger partial charge in [0.2, 0.25) is 0 Å². The Morgan fingerprint density at radius 3 is 2.92 bits per heavy atom. The number of esters is 1. The van der Waals surface area contributed by atoms with Crippen molar-refractivity contribution >= 4 is 27.7 Å². The fourth-order valence-electron chi connectivity index (χ4n) is 3.44. The third-order valence-electron chi connectivity index (χ3n) is 4.76. The van der Waals surface area contributed by atoms with Crippen molar-refractivity contribution in [2.75, 3.05) is 11.9 Å². The second-order valence-corrected chi connectivity index (χ2v) is 7.19. The molecule has 6 nitrogen and oxygen atoms in total. The molecule has 1 saturated carbocycles. The molecule has 1 fully saturated rings. The molecule has 2 aliphatic rings. The van der Waals surface area contributed by atoms with E-state index in [4.69, 9.17) is 4.74 Å². The first-order chi connectivity index (χ1) is 12.7. The predicted octanol–water partition coefficient (Wildman–Crippen LogP) is 3.83. The number of benzene rings is 1. The smallest absolute Gasteiger partial charge is 0.336 e. The van der Waals surface area contributed by atoms with Crippen LogP contribution in [0, 0.1) is 17.2 Å². The number of allylic oxidation sites excluding steroid dienone is 1. The number of H-pyrrole nitrogens is 1. The van der Waals surface area contributed by atoms with Gasteiger partial charge in [0.15, 0.2) is 0 Å². The number of nitriles is 1. The number of carbonyl (C=O) groups excluding carboxylic acids is 1. The van der Waals surface area contributed by atoms with Crippen molar-refractivity contribution in [2.45, 2.75) is 25.7 Å². The van der Waals surface area contributed by atoms with E-state index >= 15 is 0 Å². The van der Waals surface area contributed by atoms with Gasteiger partial charge in [-0.05, 0) is 53.2 Å². The zero-order chi connectivity index (χ0) is 18.3. The number of nitrogens with one attached hydrogen (secondary N) is 2. The molecule has 1 aromatic heterocycles. The SMILES string of the molecule is CCOC(=O)C1=C(C2CC2)Nc2[nH]ncc2C1c1cccc(C#N)c1Br. The van der Waals surface area contributed by atoms with Crippen LogP contribution in [0.5, 0.6) is 0 Å². The Morgan fingerprint density at radius 1 is 1.42 bits per heavy atom. The van der Waals surface area contributed by atoms with Crippen LogP contribution >= 0.6 is 15.9 Å². The predicted molar refractivity (Wildman–Crippen MR) is 99.3 cm³/mol. The molecule has 1 atom stereocenters. The Bertz CT molecular complexity index is 953. The lowest BCUT2D eigenvalue weighted by molar-refractivity contribution is -0.138. The third kappa shape index (κ3) is 2.71. The summed E-state index contributed by atoms with van der Waals surface area (Å²) in [6.45, 7) is 2.11. The molecule has 0 bridgehead atoms. The highest BCUT2D eigenvalue weighted by Crippen LogP contribution is 2.49. The molecule has 7 heteroatoms. The summed E-state index contributed by atoms with van der Waals surface area (Å²) in [4.78, 5) is 12.9. The van der Waals surface area contributed by atoms with Crippen molar-refractivity contribution in [1.82, 2.24) is 10.2 Å². The number of carbonyl (C=O) groups is 1. The average molecular weight is 413 g/mol. The summed E-state index contributed by atoms with van der Waals surface area (Å²) >= 11 is 3.56. The molecule has 1 unspecified atom stereocenters. The molecule has 2 N–H and O–H groups in total. The van der Waals surface area contributed by atoms with E-state index in [-0.39, 0.29) is 11.9 Å². The zero-order valence-electron chi connectivity index (χ0n) is 14.2.